The third kappa shape index (κ3) is 5.32. The second kappa shape index (κ2) is 10.7. The molecule has 30 heavy (non-hydrogen) atoms. The summed E-state index contributed by atoms with van der Waals surface area (Å²) in [6, 6.07) is 12.9. The Hall–Kier alpha value is -3.02. The molecule has 0 fully saturated rings. The molecule has 0 aromatic heterocycles. The number of ketones is 1. The highest BCUT2D eigenvalue weighted by atomic mass is 16.5. The summed E-state index contributed by atoms with van der Waals surface area (Å²) in [5.74, 6) is 3.06. The van der Waals surface area contributed by atoms with Crippen LogP contribution in [0.25, 0.3) is 0 Å². The van der Waals surface area contributed by atoms with Crippen molar-refractivity contribution < 1.29 is 19.0 Å². The lowest BCUT2D eigenvalue weighted by atomic mass is 10.1. The van der Waals surface area contributed by atoms with Crippen molar-refractivity contribution in [3.05, 3.63) is 48.0 Å². The van der Waals surface area contributed by atoms with Crippen LogP contribution < -0.4 is 19.1 Å². The predicted octanol–water partition coefficient (Wildman–Crippen LogP) is 4.76. The molecule has 2 aromatic rings. The minimum Gasteiger partial charge on any atom is -0.497 e. The Morgan fingerprint density at radius 3 is 2.47 bits per heavy atom. The lowest BCUT2D eigenvalue weighted by Crippen LogP contribution is -2.36. The number of amidine groups is 1. The highest BCUT2D eigenvalue weighted by Crippen LogP contribution is 2.33. The third-order valence-corrected chi connectivity index (χ3v) is 5.13. The van der Waals surface area contributed by atoms with Gasteiger partial charge in [0.2, 0.25) is 0 Å². The average Bonchev–Trinajstić information content (AvgIpc) is 3.07. The SMILES string of the molecule is CCOc1ccc(C(=O)CN(C2=NCCCCC2)c2ccc(OC)cc2OC)cc1. The molecular formula is C24H30N2O4. The van der Waals surface area contributed by atoms with Crippen LogP contribution in [0.4, 0.5) is 5.69 Å². The van der Waals surface area contributed by atoms with Gasteiger partial charge < -0.3 is 19.1 Å². The quantitative estimate of drug-likeness (QED) is 0.587. The number of methoxy groups -OCH3 is 2. The van der Waals surface area contributed by atoms with Gasteiger partial charge in [0.1, 0.15) is 23.1 Å². The van der Waals surface area contributed by atoms with Crippen molar-refractivity contribution >= 4 is 17.3 Å². The van der Waals surface area contributed by atoms with Crippen LogP contribution in [0, 0.1) is 0 Å². The van der Waals surface area contributed by atoms with Crippen LogP contribution in [0.2, 0.25) is 0 Å². The molecule has 0 saturated carbocycles. The van der Waals surface area contributed by atoms with Gasteiger partial charge in [0.05, 0.1) is 33.1 Å². The van der Waals surface area contributed by atoms with Crippen LogP contribution in [0.3, 0.4) is 0 Å². The van der Waals surface area contributed by atoms with Gasteiger partial charge in [-0.2, -0.15) is 0 Å². The van der Waals surface area contributed by atoms with Crippen LogP contribution in [0.15, 0.2) is 47.5 Å². The number of Topliss-reactive ketones (excluding diaryl/α,β-unsaturated/α-hetero) is 1. The first-order valence-electron chi connectivity index (χ1n) is 10.4. The van der Waals surface area contributed by atoms with E-state index in [-0.39, 0.29) is 12.3 Å². The van der Waals surface area contributed by atoms with Crippen molar-refractivity contribution in [2.75, 3.05) is 38.8 Å². The summed E-state index contributed by atoms with van der Waals surface area (Å²) in [5.41, 5.74) is 1.46. The summed E-state index contributed by atoms with van der Waals surface area (Å²) in [6.45, 7) is 3.50. The van der Waals surface area contributed by atoms with E-state index in [0.29, 0.717) is 23.7 Å². The van der Waals surface area contributed by atoms with E-state index in [1.807, 2.05) is 54.3 Å². The first-order valence-corrected chi connectivity index (χ1v) is 10.4. The smallest absolute Gasteiger partial charge is 0.182 e. The van der Waals surface area contributed by atoms with Gasteiger partial charge in [-0.15, -0.1) is 0 Å². The predicted molar refractivity (Wildman–Crippen MR) is 120 cm³/mol. The average molecular weight is 411 g/mol. The lowest BCUT2D eigenvalue weighted by Gasteiger charge is -2.27. The molecule has 1 aliphatic heterocycles. The number of nitrogens with zero attached hydrogens (tertiary/aromatic N) is 2. The molecule has 2 aromatic carbocycles. The van der Waals surface area contributed by atoms with Crippen LogP contribution in [-0.2, 0) is 0 Å². The fourth-order valence-electron chi connectivity index (χ4n) is 3.54. The Morgan fingerprint density at radius 1 is 1.00 bits per heavy atom. The van der Waals surface area contributed by atoms with Gasteiger partial charge in [-0.25, -0.2) is 0 Å². The number of anilines is 1. The van der Waals surface area contributed by atoms with E-state index < -0.39 is 0 Å². The Labute approximate surface area is 178 Å². The van der Waals surface area contributed by atoms with E-state index in [2.05, 4.69) is 0 Å². The molecule has 1 heterocycles. The maximum Gasteiger partial charge on any atom is 0.182 e. The van der Waals surface area contributed by atoms with E-state index in [9.17, 15) is 4.79 Å². The van der Waals surface area contributed by atoms with Gasteiger partial charge in [-0.1, -0.05) is 6.42 Å². The van der Waals surface area contributed by atoms with Crippen molar-refractivity contribution in [3.63, 3.8) is 0 Å². The number of ether oxygens (including phenoxy) is 3. The Bertz CT molecular complexity index is 877. The number of aliphatic imine (C=N–C) groups is 1. The van der Waals surface area contributed by atoms with Crippen LogP contribution in [0.5, 0.6) is 17.2 Å². The Kier molecular flexibility index (Phi) is 7.71. The maximum atomic E-state index is 13.1. The number of carbonyl (C=O) groups is 1. The summed E-state index contributed by atoms with van der Waals surface area (Å²) in [7, 11) is 3.25. The van der Waals surface area contributed by atoms with E-state index >= 15 is 0 Å². The standard InChI is InChI=1S/C24H30N2O4/c1-4-30-19-11-9-18(10-12-19)22(27)17-26(24-8-6-5-7-15-25-24)21-14-13-20(28-2)16-23(21)29-3/h9-14,16H,4-8,15,17H2,1-3H3. The van der Waals surface area contributed by atoms with Gasteiger partial charge in [0.15, 0.2) is 5.78 Å². The first kappa shape index (κ1) is 21.7. The molecule has 0 N–H and O–H groups in total. The summed E-state index contributed by atoms with van der Waals surface area (Å²) in [5, 5.41) is 0. The molecule has 0 spiro atoms. The minimum atomic E-state index is 0.0165. The number of hydrogen-bond donors (Lipinski definition) is 0. The van der Waals surface area contributed by atoms with Crippen molar-refractivity contribution in [3.8, 4) is 17.2 Å². The van der Waals surface area contributed by atoms with Gasteiger partial charge in [-0.05, 0) is 56.2 Å². The molecule has 0 amide bonds. The Balaban J connectivity index is 1.92. The fourth-order valence-corrected chi connectivity index (χ4v) is 3.54. The van der Waals surface area contributed by atoms with Gasteiger partial charge >= 0.3 is 0 Å². The number of carbonyl (C=O) groups excluding carboxylic acids is 1. The van der Waals surface area contributed by atoms with Crippen molar-refractivity contribution in [2.24, 2.45) is 4.99 Å². The molecule has 0 atom stereocenters. The zero-order chi connectivity index (χ0) is 21.3. The summed E-state index contributed by atoms with van der Waals surface area (Å²) >= 11 is 0. The third-order valence-electron chi connectivity index (χ3n) is 5.13. The van der Waals surface area contributed by atoms with Crippen LogP contribution in [-0.4, -0.2) is 45.5 Å². The zero-order valence-corrected chi connectivity index (χ0v) is 18.0. The molecule has 0 bridgehead atoms. The number of rotatable bonds is 8. The van der Waals surface area contributed by atoms with Gasteiger partial charge in [-0.3, -0.25) is 9.79 Å². The molecule has 3 rings (SSSR count). The van der Waals surface area contributed by atoms with Crippen molar-refractivity contribution in [1.82, 2.24) is 0 Å². The molecule has 0 radical (unpaired) electrons. The summed E-state index contributed by atoms with van der Waals surface area (Å²) in [6.07, 6.45) is 4.12. The van der Waals surface area contributed by atoms with E-state index in [4.69, 9.17) is 19.2 Å². The second-order valence-corrected chi connectivity index (χ2v) is 7.11. The van der Waals surface area contributed by atoms with Crippen molar-refractivity contribution in [2.45, 2.75) is 32.6 Å². The minimum absolute atomic E-state index is 0.0165. The lowest BCUT2D eigenvalue weighted by molar-refractivity contribution is 0.100. The van der Waals surface area contributed by atoms with E-state index in [1.54, 1.807) is 14.2 Å². The number of benzene rings is 2. The molecule has 0 unspecified atom stereocenters. The number of hydrogen-bond acceptors (Lipinski definition) is 6. The topological polar surface area (TPSA) is 60.4 Å². The highest BCUT2D eigenvalue weighted by Gasteiger charge is 2.22. The summed E-state index contributed by atoms with van der Waals surface area (Å²) in [4.78, 5) is 19.9. The van der Waals surface area contributed by atoms with E-state index in [1.165, 1.54) is 0 Å². The normalized spacial score (nSPS) is 13.8. The van der Waals surface area contributed by atoms with Crippen molar-refractivity contribution in [1.29, 1.82) is 0 Å². The molecule has 6 nitrogen and oxygen atoms in total. The first-order chi connectivity index (χ1) is 14.7. The molecular weight excluding hydrogens is 380 g/mol. The molecule has 1 aliphatic rings. The molecule has 0 aliphatic carbocycles. The van der Waals surface area contributed by atoms with Crippen LogP contribution >= 0.6 is 0 Å². The van der Waals surface area contributed by atoms with E-state index in [0.717, 1.165) is 49.5 Å². The zero-order valence-electron chi connectivity index (χ0n) is 18.0. The Morgan fingerprint density at radius 2 is 1.77 bits per heavy atom. The monoisotopic (exact) mass is 410 g/mol. The summed E-state index contributed by atoms with van der Waals surface area (Å²) < 4.78 is 16.4. The highest BCUT2D eigenvalue weighted by molar-refractivity contribution is 6.08. The van der Waals surface area contributed by atoms with Gasteiger partial charge in [0, 0.05) is 24.6 Å². The maximum absolute atomic E-state index is 13.1. The largest absolute Gasteiger partial charge is 0.497 e. The molecule has 0 saturated heterocycles. The molecule has 6 heteroatoms. The van der Waals surface area contributed by atoms with Gasteiger partial charge in [0.25, 0.3) is 0 Å². The fraction of sp³-hybridized carbons (Fsp3) is 0.417. The van der Waals surface area contributed by atoms with Crippen LogP contribution in [0.1, 0.15) is 43.0 Å². The second-order valence-electron chi connectivity index (χ2n) is 7.11. The molecule has 160 valence electrons.